The summed E-state index contributed by atoms with van der Waals surface area (Å²) in [6.07, 6.45) is 1.79. The highest BCUT2D eigenvalue weighted by Gasteiger charge is 2.37. The first-order chi connectivity index (χ1) is 9.47. The van der Waals surface area contributed by atoms with Gasteiger partial charge in [-0.2, -0.15) is 0 Å². The van der Waals surface area contributed by atoms with Crippen LogP contribution in [0.15, 0.2) is 24.3 Å². The second kappa shape index (κ2) is 7.08. The van der Waals surface area contributed by atoms with Crippen molar-refractivity contribution in [3.63, 3.8) is 0 Å². The Morgan fingerprint density at radius 2 is 1.85 bits per heavy atom. The molecule has 2 N–H and O–H groups in total. The minimum absolute atomic E-state index is 0.00564. The largest absolute Gasteiger partial charge is 0.481 e. The van der Waals surface area contributed by atoms with E-state index in [0.717, 1.165) is 17.7 Å². The van der Waals surface area contributed by atoms with Gasteiger partial charge in [0.1, 0.15) is 0 Å². The molecule has 0 spiro atoms. The Labute approximate surface area is 120 Å². The Bertz CT molecular complexity index is 478. The third-order valence-electron chi connectivity index (χ3n) is 3.93. The third-order valence-corrected chi connectivity index (χ3v) is 3.93. The summed E-state index contributed by atoms with van der Waals surface area (Å²) < 4.78 is 0. The Morgan fingerprint density at radius 3 is 2.35 bits per heavy atom. The summed E-state index contributed by atoms with van der Waals surface area (Å²) in [6, 6.07) is 7.61. The molecule has 1 aromatic carbocycles. The summed E-state index contributed by atoms with van der Waals surface area (Å²) in [5, 5.41) is 12.1. The van der Waals surface area contributed by atoms with Crippen LogP contribution in [0.3, 0.4) is 0 Å². The van der Waals surface area contributed by atoms with Crippen LogP contribution in [0.2, 0.25) is 0 Å². The zero-order valence-electron chi connectivity index (χ0n) is 12.4. The van der Waals surface area contributed by atoms with Gasteiger partial charge in [0.25, 0.3) is 0 Å². The topological polar surface area (TPSA) is 66.4 Å². The fourth-order valence-corrected chi connectivity index (χ4v) is 2.26. The summed E-state index contributed by atoms with van der Waals surface area (Å²) in [4.78, 5) is 23.5. The first kappa shape index (κ1) is 16.2. The van der Waals surface area contributed by atoms with Crippen molar-refractivity contribution in [1.82, 2.24) is 0 Å². The highest BCUT2D eigenvalue weighted by molar-refractivity contribution is 5.94. The zero-order chi connectivity index (χ0) is 15.2. The summed E-state index contributed by atoms with van der Waals surface area (Å²) in [5.74, 6) is -1.15. The van der Waals surface area contributed by atoms with Crippen LogP contribution in [-0.2, 0) is 16.0 Å². The molecule has 0 unspecified atom stereocenters. The van der Waals surface area contributed by atoms with Crippen LogP contribution in [0, 0.1) is 5.41 Å². The molecular weight excluding hydrogens is 254 g/mol. The van der Waals surface area contributed by atoms with Crippen LogP contribution in [0.1, 0.15) is 45.6 Å². The molecule has 4 heteroatoms. The van der Waals surface area contributed by atoms with Crippen molar-refractivity contribution < 1.29 is 14.7 Å². The number of carbonyl (C=O) groups is 2. The monoisotopic (exact) mass is 277 g/mol. The Balaban J connectivity index is 2.78. The van der Waals surface area contributed by atoms with Crippen LogP contribution >= 0.6 is 0 Å². The van der Waals surface area contributed by atoms with Crippen molar-refractivity contribution in [2.24, 2.45) is 5.41 Å². The van der Waals surface area contributed by atoms with Crippen LogP contribution in [0.25, 0.3) is 0 Å². The van der Waals surface area contributed by atoms with Gasteiger partial charge in [0.05, 0.1) is 5.41 Å². The number of carbonyl (C=O) groups excluding carboxylic acids is 1. The number of hydrogen-bond donors (Lipinski definition) is 2. The lowest BCUT2D eigenvalue weighted by Gasteiger charge is -2.25. The smallest absolute Gasteiger partial charge is 0.310 e. The van der Waals surface area contributed by atoms with Crippen molar-refractivity contribution in [3.8, 4) is 0 Å². The van der Waals surface area contributed by atoms with Gasteiger partial charge in [-0.1, -0.05) is 32.9 Å². The van der Waals surface area contributed by atoms with Gasteiger partial charge in [-0.15, -0.1) is 0 Å². The number of anilines is 1. The minimum Gasteiger partial charge on any atom is -0.481 e. The molecule has 0 aliphatic carbocycles. The van der Waals surface area contributed by atoms with Crippen molar-refractivity contribution in [2.75, 3.05) is 5.32 Å². The minimum atomic E-state index is -0.966. The van der Waals surface area contributed by atoms with Gasteiger partial charge in [0.15, 0.2) is 0 Å². The molecule has 20 heavy (non-hydrogen) atoms. The maximum atomic E-state index is 12.1. The lowest BCUT2D eigenvalue weighted by Crippen LogP contribution is -2.34. The average molecular weight is 277 g/mol. The molecule has 0 fully saturated rings. The third kappa shape index (κ3) is 3.83. The van der Waals surface area contributed by atoms with Crippen LogP contribution in [0.5, 0.6) is 0 Å². The number of amides is 1. The maximum Gasteiger partial charge on any atom is 0.310 e. The van der Waals surface area contributed by atoms with E-state index in [1.54, 1.807) is 0 Å². The van der Waals surface area contributed by atoms with Gasteiger partial charge in [0.2, 0.25) is 5.91 Å². The molecule has 0 aromatic heterocycles. The number of nitrogens with one attached hydrogen (secondary N) is 1. The Kier molecular flexibility index (Phi) is 5.74. The van der Waals surface area contributed by atoms with E-state index in [9.17, 15) is 14.7 Å². The molecule has 1 rings (SSSR count). The molecule has 4 nitrogen and oxygen atoms in total. The molecule has 0 aliphatic heterocycles. The first-order valence-electron chi connectivity index (χ1n) is 7.09. The molecule has 0 heterocycles. The van der Waals surface area contributed by atoms with Crippen LogP contribution in [-0.4, -0.2) is 17.0 Å². The number of aryl methyl sites for hydroxylation is 1. The summed E-state index contributed by atoms with van der Waals surface area (Å²) in [5.41, 5.74) is 0.894. The molecule has 0 saturated heterocycles. The normalized spacial score (nSPS) is 11.2. The number of hydrogen-bond acceptors (Lipinski definition) is 2. The van der Waals surface area contributed by atoms with Gasteiger partial charge in [0, 0.05) is 12.1 Å². The lowest BCUT2D eigenvalue weighted by atomic mass is 9.79. The highest BCUT2D eigenvalue weighted by atomic mass is 16.4. The molecule has 0 bridgehead atoms. The molecule has 0 atom stereocenters. The van der Waals surface area contributed by atoms with Gasteiger partial charge < -0.3 is 10.4 Å². The molecule has 1 amide bonds. The number of benzene rings is 1. The van der Waals surface area contributed by atoms with E-state index in [0.29, 0.717) is 12.8 Å². The van der Waals surface area contributed by atoms with Crippen LogP contribution in [0.4, 0.5) is 5.69 Å². The predicted octanol–water partition coefficient (Wildman–Crippen LogP) is 3.47. The van der Waals surface area contributed by atoms with Gasteiger partial charge in [-0.25, -0.2) is 0 Å². The standard InChI is InChI=1S/C16H23NO3/c1-4-12-8-7-9-13(10-12)17-14(18)11-16(5-2,6-3)15(19)20/h7-10H,4-6,11H2,1-3H3,(H,17,18)(H,19,20). The van der Waals surface area contributed by atoms with E-state index >= 15 is 0 Å². The van der Waals surface area contributed by atoms with Crippen molar-refractivity contribution in [2.45, 2.75) is 46.5 Å². The van der Waals surface area contributed by atoms with E-state index in [-0.39, 0.29) is 12.3 Å². The van der Waals surface area contributed by atoms with Gasteiger partial charge >= 0.3 is 5.97 Å². The number of carboxylic acids is 1. The van der Waals surface area contributed by atoms with Crippen LogP contribution < -0.4 is 5.32 Å². The number of rotatable bonds is 7. The molecule has 1 aromatic rings. The first-order valence-corrected chi connectivity index (χ1v) is 7.09. The number of carboxylic acid groups (broad SMARTS) is 1. The fraction of sp³-hybridized carbons (Fsp3) is 0.500. The molecule has 0 saturated carbocycles. The maximum absolute atomic E-state index is 12.1. The highest BCUT2D eigenvalue weighted by Crippen LogP contribution is 2.31. The van der Waals surface area contributed by atoms with E-state index in [1.165, 1.54) is 0 Å². The molecule has 0 radical (unpaired) electrons. The van der Waals surface area contributed by atoms with Crippen molar-refractivity contribution >= 4 is 17.6 Å². The fourth-order valence-electron chi connectivity index (χ4n) is 2.26. The van der Waals surface area contributed by atoms with Crippen molar-refractivity contribution in [3.05, 3.63) is 29.8 Å². The van der Waals surface area contributed by atoms with Gasteiger partial charge in [-0.05, 0) is 37.0 Å². The van der Waals surface area contributed by atoms with Crippen molar-refractivity contribution in [1.29, 1.82) is 0 Å². The predicted molar refractivity (Wildman–Crippen MR) is 79.7 cm³/mol. The molecular formula is C16H23NO3. The SMILES string of the molecule is CCc1cccc(NC(=O)CC(CC)(CC)C(=O)O)c1. The zero-order valence-corrected chi connectivity index (χ0v) is 12.4. The van der Waals surface area contributed by atoms with Gasteiger partial charge in [-0.3, -0.25) is 9.59 Å². The summed E-state index contributed by atoms with van der Waals surface area (Å²) in [6.45, 7) is 5.66. The summed E-state index contributed by atoms with van der Waals surface area (Å²) >= 11 is 0. The summed E-state index contributed by atoms with van der Waals surface area (Å²) in [7, 11) is 0. The van der Waals surface area contributed by atoms with E-state index in [4.69, 9.17) is 0 Å². The molecule has 0 aliphatic rings. The second-order valence-electron chi connectivity index (χ2n) is 5.07. The quantitative estimate of drug-likeness (QED) is 0.802. The Hall–Kier alpha value is -1.84. The number of aliphatic carboxylic acids is 1. The lowest BCUT2D eigenvalue weighted by molar-refractivity contribution is -0.151. The van der Waals surface area contributed by atoms with E-state index in [1.807, 2.05) is 45.0 Å². The Morgan fingerprint density at radius 1 is 1.20 bits per heavy atom. The second-order valence-corrected chi connectivity index (χ2v) is 5.07. The van der Waals surface area contributed by atoms with E-state index < -0.39 is 11.4 Å². The average Bonchev–Trinajstić information content (AvgIpc) is 2.44. The molecule has 110 valence electrons. The van der Waals surface area contributed by atoms with E-state index in [2.05, 4.69) is 5.32 Å².